The lowest BCUT2D eigenvalue weighted by Crippen LogP contribution is -2.49. The molecule has 0 amide bonds. The van der Waals surface area contributed by atoms with Gasteiger partial charge in [-0.05, 0) is 16.6 Å². The SMILES string of the molecule is C=CC(=O)O[Si](C(C)C)(C(C)C)C(C)CC. The maximum absolute atomic E-state index is 11.6. The van der Waals surface area contributed by atoms with E-state index in [-0.39, 0.29) is 5.97 Å². The molecule has 0 aliphatic carbocycles. The Morgan fingerprint density at radius 3 is 1.94 bits per heavy atom. The molecule has 0 saturated heterocycles. The number of rotatable bonds is 6. The second kappa shape index (κ2) is 6.23. The van der Waals surface area contributed by atoms with Crippen molar-refractivity contribution in [1.29, 1.82) is 0 Å². The van der Waals surface area contributed by atoms with E-state index >= 15 is 0 Å². The van der Waals surface area contributed by atoms with Crippen LogP contribution in [-0.4, -0.2) is 14.3 Å². The van der Waals surface area contributed by atoms with Crippen LogP contribution in [0.5, 0.6) is 0 Å². The Hall–Kier alpha value is -0.573. The minimum Gasteiger partial charge on any atom is -0.515 e. The average molecular weight is 242 g/mol. The lowest BCUT2D eigenvalue weighted by atomic mass is 10.4. The summed E-state index contributed by atoms with van der Waals surface area (Å²) in [4.78, 5) is 11.6. The Balaban J connectivity index is 5.25. The molecule has 0 spiro atoms. The van der Waals surface area contributed by atoms with Crippen molar-refractivity contribution < 1.29 is 9.22 Å². The number of hydrogen-bond acceptors (Lipinski definition) is 2. The van der Waals surface area contributed by atoms with Crippen molar-refractivity contribution in [2.24, 2.45) is 0 Å². The molecule has 0 aliphatic rings. The Bertz CT molecular complexity index is 238. The number of carbonyl (C=O) groups is 1. The van der Waals surface area contributed by atoms with Gasteiger partial charge in [0.15, 0.2) is 0 Å². The molecular formula is C13H26O2Si. The van der Waals surface area contributed by atoms with Crippen molar-refractivity contribution >= 4 is 14.3 Å². The standard InChI is InChI=1S/C13H26O2Si/c1-8-12(7)16(10(3)4,11(5)6)15-13(14)9-2/h9-12H,2,8H2,1,3-7H3. The minimum absolute atomic E-state index is 0.255. The summed E-state index contributed by atoms with van der Waals surface area (Å²) in [5.41, 5.74) is 1.36. The summed E-state index contributed by atoms with van der Waals surface area (Å²) in [5, 5.41) is 0. The van der Waals surface area contributed by atoms with Gasteiger partial charge in [0, 0.05) is 6.08 Å². The Morgan fingerprint density at radius 1 is 1.25 bits per heavy atom. The van der Waals surface area contributed by atoms with E-state index in [4.69, 9.17) is 4.43 Å². The minimum atomic E-state index is -2.06. The topological polar surface area (TPSA) is 26.3 Å². The predicted molar refractivity (Wildman–Crippen MR) is 72.0 cm³/mol. The fourth-order valence-electron chi connectivity index (χ4n) is 2.68. The molecule has 0 radical (unpaired) electrons. The zero-order valence-electron chi connectivity index (χ0n) is 11.5. The van der Waals surface area contributed by atoms with Crippen LogP contribution in [0.4, 0.5) is 0 Å². The zero-order chi connectivity index (χ0) is 12.9. The molecule has 0 fully saturated rings. The van der Waals surface area contributed by atoms with Crippen molar-refractivity contribution in [2.45, 2.75) is 64.6 Å². The fourth-order valence-corrected chi connectivity index (χ4v) is 8.03. The fraction of sp³-hybridized carbons (Fsp3) is 0.769. The first kappa shape index (κ1) is 15.4. The summed E-state index contributed by atoms with van der Waals surface area (Å²) < 4.78 is 5.84. The molecule has 3 heteroatoms. The molecular weight excluding hydrogens is 216 g/mol. The van der Waals surface area contributed by atoms with E-state index in [0.29, 0.717) is 16.6 Å². The van der Waals surface area contributed by atoms with Gasteiger partial charge >= 0.3 is 5.97 Å². The van der Waals surface area contributed by atoms with E-state index in [0.717, 1.165) is 6.42 Å². The largest absolute Gasteiger partial charge is 0.515 e. The summed E-state index contributed by atoms with van der Waals surface area (Å²) in [5.74, 6) is -0.255. The molecule has 0 bridgehead atoms. The van der Waals surface area contributed by atoms with Crippen LogP contribution in [0.1, 0.15) is 48.0 Å². The molecule has 0 N–H and O–H groups in total. The smallest absolute Gasteiger partial charge is 0.316 e. The van der Waals surface area contributed by atoms with Crippen LogP contribution >= 0.6 is 0 Å². The molecule has 1 unspecified atom stereocenters. The molecule has 1 atom stereocenters. The molecule has 16 heavy (non-hydrogen) atoms. The van der Waals surface area contributed by atoms with Crippen molar-refractivity contribution in [3.05, 3.63) is 12.7 Å². The van der Waals surface area contributed by atoms with E-state index in [1.807, 2.05) is 0 Å². The van der Waals surface area contributed by atoms with Crippen LogP contribution in [0, 0.1) is 0 Å². The summed E-state index contributed by atoms with van der Waals surface area (Å²) in [6, 6.07) is 0. The molecule has 0 saturated carbocycles. The van der Waals surface area contributed by atoms with Crippen LogP contribution < -0.4 is 0 Å². The van der Waals surface area contributed by atoms with Gasteiger partial charge in [0.1, 0.15) is 0 Å². The first-order valence-electron chi connectivity index (χ1n) is 6.18. The van der Waals surface area contributed by atoms with Crippen LogP contribution in [0.25, 0.3) is 0 Å². The number of carbonyl (C=O) groups excluding carboxylic acids is 1. The van der Waals surface area contributed by atoms with Crippen LogP contribution in [0.3, 0.4) is 0 Å². The molecule has 0 aliphatic heterocycles. The van der Waals surface area contributed by atoms with E-state index in [1.54, 1.807) is 0 Å². The molecule has 0 heterocycles. The third-order valence-electron chi connectivity index (χ3n) is 3.63. The van der Waals surface area contributed by atoms with Crippen LogP contribution in [0.15, 0.2) is 12.7 Å². The second-order valence-corrected chi connectivity index (χ2v) is 10.3. The van der Waals surface area contributed by atoms with Gasteiger partial charge in [-0.2, -0.15) is 0 Å². The van der Waals surface area contributed by atoms with Gasteiger partial charge < -0.3 is 4.43 Å². The molecule has 0 aromatic carbocycles. The Kier molecular flexibility index (Phi) is 6.01. The zero-order valence-corrected chi connectivity index (χ0v) is 12.5. The summed E-state index contributed by atoms with van der Waals surface area (Å²) in [6.07, 6.45) is 2.35. The molecule has 0 aromatic heterocycles. The highest BCUT2D eigenvalue weighted by molar-refractivity contribution is 6.79. The monoisotopic (exact) mass is 242 g/mol. The normalized spacial score (nSPS) is 14.0. The van der Waals surface area contributed by atoms with Crippen molar-refractivity contribution in [1.82, 2.24) is 0 Å². The summed E-state index contributed by atoms with van der Waals surface area (Å²) >= 11 is 0. The highest BCUT2D eigenvalue weighted by Crippen LogP contribution is 2.43. The number of hydrogen-bond donors (Lipinski definition) is 0. The molecule has 2 nitrogen and oxygen atoms in total. The van der Waals surface area contributed by atoms with Gasteiger partial charge in [-0.3, -0.25) is 0 Å². The first-order chi connectivity index (χ1) is 7.32. The second-order valence-electron chi connectivity index (χ2n) is 5.10. The van der Waals surface area contributed by atoms with Crippen molar-refractivity contribution in [3.63, 3.8) is 0 Å². The maximum Gasteiger partial charge on any atom is 0.316 e. The lowest BCUT2D eigenvalue weighted by molar-refractivity contribution is -0.130. The quantitative estimate of drug-likeness (QED) is 0.513. The highest BCUT2D eigenvalue weighted by Gasteiger charge is 2.48. The highest BCUT2D eigenvalue weighted by atomic mass is 28.4. The first-order valence-corrected chi connectivity index (χ1v) is 8.32. The third-order valence-corrected chi connectivity index (χ3v) is 9.74. The van der Waals surface area contributed by atoms with Gasteiger partial charge in [-0.15, -0.1) is 0 Å². The average Bonchev–Trinajstić information content (AvgIpc) is 2.23. The molecule has 0 rings (SSSR count). The predicted octanol–water partition coefficient (Wildman–Crippen LogP) is 4.28. The van der Waals surface area contributed by atoms with E-state index in [2.05, 4.69) is 48.1 Å². The van der Waals surface area contributed by atoms with E-state index in [9.17, 15) is 4.79 Å². The Labute approximate surface area is 101 Å². The van der Waals surface area contributed by atoms with E-state index < -0.39 is 8.32 Å². The Morgan fingerprint density at radius 2 is 1.69 bits per heavy atom. The van der Waals surface area contributed by atoms with Crippen molar-refractivity contribution in [3.8, 4) is 0 Å². The van der Waals surface area contributed by atoms with Gasteiger partial charge in [0.2, 0.25) is 0 Å². The van der Waals surface area contributed by atoms with Gasteiger partial charge in [-0.1, -0.05) is 54.5 Å². The summed E-state index contributed by atoms with van der Waals surface area (Å²) in [7, 11) is -2.06. The molecule has 94 valence electrons. The van der Waals surface area contributed by atoms with Gasteiger partial charge in [0.25, 0.3) is 8.32 Å². The van der Waals surface area contributed by atoms with Crippen LogP contribution in [0.2, 0.25) is 16.6 Å². The lowest BCUT2D eigenvalue weighted by Gasteiger charge is -2.42. The van der Waals surface area contributed by atoms with Gasteiger partial charge in [0.05, 0.1) is 0 Å². The van der Waals surface area contributed by atoms with Crippen molar-refractivity contribution in [2.75, 3.05) is 0 Å². The van der Waals surface area contributed by atoms with E-state index in [1.165, 1.54) is 6.08 Å². The van der Waals surface area contributed by atoms with Crippen LogP contribution in [-0.2, 0) is 9.22 Å². The van der Waals surface area contributed by atoms with Gasteiger partial charge in [-0.25, -0.2) is 4.79 Å². The summed E-state index contributed by atoms with van der Waals surface area (Å²) in [6.45, 7) is 16.6. The molecule has 0 aromatic rings. The third kappa shape index (κ3) is 2.97. The maximum atomic E-state index is 11.6.